The second-order valence-electron chi connectivity index (χ2n) is 7.66. The topological polar surface area (TPSA) is 129 Å². The van der Waals surface area contributed by atoms with Gasteiger partial charge in [0.05, 0.1) is 30.9 Å². The molecule has 0 saturated heterocycles. The molecule has 0 aliphatic carbocycles. The number of hydrazone groups is 1. The largest absolute Gasteiger partial charge is 0.493 e. The number of rotatable bonds is 8. The van der Waals surface area contributed by atoms with Crippen molar-refractivity contribution in [2.75, 3.05) is 14.2 Å². The molecule has 0 radical (unpaired) electrons. The fourth-order valence-electron chi connectivity index (χ4n) is 3.60. The average molecular weight is 499 g/mol. The average Bonchev–Trinajstić information content (AvgIpc) is 2.93. The lowest BCUT2D eigenvalue weighted by atomic mass is 10.0. The summed E-state index contributed by atoms with van der Waals surface area (Å²) in [5.74, 6) is -0.208. The van der Waals surface area contributed by atoms with Crippen molar-refractivity contribution in [1.82, 2.24) is 5.43 Å². The molecule has 10 nitrogen and oxygen atoms in total. The molecule has 0 spiro atoms. The Morgan fingerprint density at radius 2 is 1.62 bits per heavy atom. The van der Waals surface area contributed by atoms with E-state index in [9.17, 15) is 19.7 Å². The number of non-ortho nitro benzene ring substituents is 1. The van der Waals surface area contributed by atoms with Gasteiger partial charge in [0.1, 0.15) is 5.75 Å². The van der Waals surface area contributed by atoms with Crippen LogP contribution in [0.3, 0.4) is 0 Å². The molecule has 0 saturated carbocycles. The van der Waals surface area contributed by atoms with E-state index in [0.717, 1.165) is 16.8 Å². The van der Waals surface area contributed by atoms with Gasteiger partial charge < -0.3 is 14.2 Å². The van der Waals surface area contributed by atoms with Crippen LogP contribution in [-0.2, 0) is 0 Å². The third-order valence-corrected chi connectivity index (χ3v) is 5.43. The van der Waals surface area contributed by atoms with E-state index in [1.54, 1.807) is 24.3 Å². The van der Waals surface area contributed by atoms with E-state index >= 15 is 0 Å². The number of ether oxygens (including phenoxy) is 3. The molecule has 0 fully saturated rings. The number of nitro groups is 1. The van der Waals surface area contributed by atoms with Crippen LogP contribution in [-0.4, -0.2) is 37.2 Å². The van der Waals surface area contributed by atoms with Crippen LogP contribution in [0.2, 0.25) is 0 Å². The number of nitrogens with one attached hydrogen (secondary N) is 1. The molecule has 0 atom stereocenters. The number of esters is 1. The Balaban J connectivity index is 1.62. The van der Waals surface area contributed by atoms with Gasteiger partial charge in [-0.25, -0.2) is 10.2 Å². The quantitative estimate of drug-likeness (QED) is 0.122. The van der Waals surface area contributed by atoms with Crippen LogP contribution in [0, 0.1) is 10.1 Å². The number of nitro benzene ring substituents is 1. The summed E-state index contributed by atoms with van der Waals surface area (Å²) in [6.07, 6.45) is 1.36. The summed E-state index contributed by atoms with van der Waals surface area (Å²) in [5.41, 5.74) is 2.91. The summed E-state index contributed by atoms with van der Waals surface area (Å²) in [5, 5.41) is 16.6. The summed E-state index contributed by atoms with van der Waals surface area (Å²) < 4.78 is 16.2. The maximum Gasteiger partial charge on any atom is 0.343 e. The summed E-state index contributed by atoms with van der Waals surface area (Å²) in [4.78, 5) is 35.8. The SMILES string of the molecule is COc1ccc(C(=O)Oc2ccc3ccccc3c2/C=N\NC(=O)c2cccc([N+](=O)[O-])c2)cc1OC. The van der Waals surface area contributed by atoms with Crippen LogP contribution >= 0.6 is 0 Å². The molecule has 4 aromatic rings. The second kappa shape index (κ2) is 11.0. The summed E-state index contributed by atoms with van der Waals surface area (Å²) in [7, 11) is 2.96. The van der Waals surface area contributed by atoms with Crippen molar-refractivity contribution < 1.29 is 28.7 Å². The molecule has 0 aliphatic heterocycles. The predicted octanol–water partition coefficient (Wildman–Crippen LogP) is 4.75. The van der Waals surface area contributed by atoms with Crippen LogP contribution in [0.25, 0.3) is 10.8 Å². The molecule has 1 N–H and O–H groups in total. The van der Waals surface area contributed by atoms with E-state index in [4.69, 9.17) is 14.2 Å². The van der Waals surface area contributed by atoms with Crippen molar-refractivity contribution in [1.29, 1.82) is 0 Å². The molecule has 0 aliphatic rings. The number of fused-ring (bicyclic) bond motifs is 1. The molecule has 0 heterocycles. The highest BCUT2D eigenvalue weighted by atomic mass is 16.6. The van der Waals surface area contributed by atoms with E-state index in [1.165, 1.54) is 44.7 Å². The molecular formula is C27H21N3O7. The highest BCUT2D eigenvalue weighted by Gasteiger charge is 2.16. The fraction of sp³-hybridized carbons (Fsp3) is 0.0741. The number of carbonyl (C=O) groups excluding carboxylic acids is 2. The van der Waals surface area contributed by atoms with Crippen molar-refractivity contribution in [3.8, 4) is 17.2 Å². The first-order valence-electron chi connectivity index (χ1n) is 10.9. The number of hydrogen-bond donors (Lipinski definition) is 1. The Hall–Kier alpha value is -5.25. The highest BCUT2D eigenvalue weighted by Crippen LogP contribution is 2.30. The van der Waals surface area contributed by atoms with E-state index in [1.807, 2.05) is 24.3 Å². The first-order chi connectivity index (χ1) is 17.9. The molecule has 37 heavy (non-hydrogen) atoms. The van der Waals surface area contributed by atoms with Gasteiger partial charge in [-0.3, -0.25) is 14.9 Å². The van der Waals surface area contributed by atoms with Crippen LogP contribution in [0.5, 0.6) is 17.2 Å². The molecule has 4 aromatic carbocycles. The summed E-state index contributed by atoms with van der Waals surface area (Å²) >= 11 is 0. The van der Waals surface area contributed by atoms with E-state index < -0.39 is 16.8 Å². The van der Waals surface area contributed by atoms with Crippen molar-refractivity contribution in [2.45, 2.75) is 0 Å². The number of benzene rings is 4. The maximum atomic E-state index is 12.9. The molecule has 0 bridgehead atoms. The lowest BCUT2D eigenvalue weighted by Gasteiger charge is -2.12. The number of methoxy groups -OCH3 is 2. The summed E-state index contributed by atoms with van der Waals surface area (Å²) in [6, 6.07) is 20.8. The zero-order chi connectivity index (χ0) is 26.4. The normalized spacial score (nSPS) is 10.8. The van der Waals surface area contributed by atoms with Crippen molar-refractivity contribution in [3.05, 3.63) is 106 Å². The Kier molecular flexibility index (Phi) is 7.39. The van der Waals surface area contributed by atoms with Gasteiger partial charge in [0.25, 0.3) is 11.6 Å². The lowest BCUT2D eigenvalue weighted by Crippen LogP contribution is -2.18. The van der Waals surface area contributed by atoms with Crippen molar-refractivity contribution >= 4 is 34.6 Å². The molecule has 4 rings (SSSR count). The minimum Gasteiger partial charge on any atom is -0.493 e. The zero-order valence-electron chi connectivity index (χ0n) is 19.8. The standard InChI is InChI=1S/C27H21N3O7/c1-35-24-13-11-19(15-25(24)36-2)27(32)37-23-12-10-17-6-3-4-9-21(17)22(23)16-28-29-26(31)18-7-5-8-20(14-18)30(33)34/h3-16H,1-2H3,(H,29,31)/b28-16-. The first kappa shape index (κ1) is 24.9. The smallest absolute Gasteiger partial charge is 0.343 e. The van der Waals surface area contributed by atoms with Gasteiger partial charge in [0.2, 0.25) is 0 Å². The van der Waals surface area contributed by atoms with Crippen LogP contribution in [0.4, 0.5) is 5.69 Å². The lowest BCUT2D eigenvalue weighted by molar-refractivity contribution is -0.384. The maximum absolute atomic E-state index is 12.9. The molecule has 0 unspecified atom stereocenters. The van der Waals surface area contributed by atoms with Crippen molar-refractivity contribution in [3.63, 3.8) is 0 Å². The molecule has 10 heteroatoms. The van der Waals surface area contributed by atoms with E-state index in [-0.39, 0.29) is 22.6 Å². The summed E-state index contributed by atoms with van der Waals surface area (Å²) in [6.45, 7) is 0. The van der Waals surface area contributed by atoms with Gasteiger partial charge in [-0.15, -0.1) is 0 Å². The van der Waals surface area contributed by atoms with Gasteiger partial charge in [-0.1, -0.05) is 36.4 Å². The highest BCUT2D eigenvalue weighted by molar-refractivity contribution is 6.04. The predicted molar refractivity (Wildman–Crippen MR) is 137 cm³/mol. The Morgan fingerprint density at radius 3 is 2.38 bits per heavy atom. The zero-order valence-corrected chi connectivity index (χ0v) is 19.8. The number of hydrogen-bond acceptors (Lipinski definition) is 8. The van der Waals surface area contributed by atoms with Crippen molar-refractivity contribution in [2.24, 2.45) is 5.10 Å². The van der Waals surface area contributed by atoms with Crippen LogP contribution in [0.15, 0.2) is 84.0 Å². The van der Waals surface area contributed by atoms with E-state index in [2.05, 4.69) is 10.5 Å². The number of amides is 1. The minimum atomic E-state index is -0.635. The molecule has 186 valence electrons. The van der Waals surface area contributed by atoms with Gasteiger partial charge >= 0.3 is 5.97 Å². The Bertz CT molecular complexity index is 1530. The second-order valence-corrected chi connectivity index (χ2v) is 7.66. The third-order valence-electron chi connectivity index (χ3n) is 5.43. The molecular weight excluding hydrogens is 478 g/mol. The number of carbonyl (C=O) groups is 2. The van der Waals surface area contributed by atoms with Gasteiger partial charge in [0.15, 0.2) is 11.5 Å². The Morgan fingerprint density at radius 1 is 0.865 bits per heavy atom. The number of nitrogens with zero attached hydrogens (tertiary/aromatic N) is 2. The minimum absolute atomic E-state index is 0.0735. The molecule has 1 amide bonds. The van der Waals surface area contributed by atoms with Crippen LogP contribution < -0.4 is 19.6 Å². The molecule has 0 aromatic heterocycles. The monoisotopic (exact) mass is 499 g/mol. The van der Waals surface area contributed by atoms with E-state index in [0.29, 0.717) is 17.1 Å². The third kappa shape index (κ3) is 5.54. The first-order valence-corrected chi connectivity index (χ1v) is 10.9. The fourth-order valence-corrected chi connectivity index (χ4v) is 3.60. The Labute approximate surface area is 211 Å². The van der Waals surface area contributed by atoms with Gasteiger partial charge in [0, 0.05) is 23.3 Å². The van der Waals surface area contributed by atoms with Gasteiger partial charge in [-0.2, -0.15) is 5.10 Å². The van der Waals surface area contributed by atoms with Gasteiger partial charge in [-0.05, 0) is 41.1 Å². The van der Waals surface area contributed by atoms with Crippen LogP contribution in [0.1, 0.15) is 26.3 Å².